The molecule has 1 aliphatic rings. The Balaban J connectivity index is 1.97. The van der Waals surface area contributed by atoms with Crippen molar-refractivity contribution in [2.24, 2.45) is 0 Å². The van der Waals surface area contributed by atoms with Crippen molar-refractivity contribution < 1.29 is 14.6 Å². The molecule has 0 bridgehead atoms. The first-order chi connectivity index (χ1) is 9.13. The van der Waals surface area contributed by atoms with Gasteiger partial charge in [0.15, 0.2) is 0 Å². The van der Waals surface area contributed by atoms with Crippen LogP contribution in [0.2, 0.25) is 0 Å². The fraction of sp³-hybridized carbons (Fsp3) is 0.533. The Hall–Kier alpha value is -1.55. The number of aliphatic hydroxyl groups is 1. The van der Waals surface area contributed by atoms with Crippen LogP contribution in [0, 0.1) is 0 Å². The molecule has 1 aromatic carbocycles. The van der Waals surface area contributed by atoms with Gasteiger partial charge in [0.05, 0.1) is 24.8 Å². The van der Waals surface area contributed by atoms with Crippen LogP contribution in [0.4, 0.5) is 5.69 Å². The van der Waals surface area contributed by atoms with Crippen molar-refractivity contribution in [1.82, 2.24) is 0 Å². The second-order valence-corrected chi connectivity index (χ2v) is 5.21. The highest BCUT2D eigenvalue weighted by molar-refractivity contribution is 5.92. The molecule has 1 saturated carbocycles. The van der Waals surface area contributed by atoms with Crippen LogP contribution in [0.3, 0.4) is 0 Å². The van der Waals surface area contributed by atoms with Crippen LogP contribution in [0.25, 0.3) is 0 Å². The molecule has 0 aromatic heterocycles. The van der Waals surface area contributed by atoms with Crippen molar-refractivity contribution in [2.45, 2.75) is 44.1 Å². The lowest BCUT2D eigenvalue weighted by Crippen LogP contribution is -2.35. The smallest absolute Gasteiger partial charge is 0.227 e. The quantitative estimate of drug-likeness (QED) is 0.878. The minimum atomic E-state index is -0.829. The zero-order chi connectivity index (χ0) is 13.7. The van der Waals surface area contributed by atoms with E-state index in [4.69, 9.17) is 4.74 Å². The van der Waals surface area contributed by atoms with Gasteiger partial charge in [-0.1, -0.05) is 31.4 Å². The number of rotatable bonds is 4. The number of amides is 1. The zero-order valence-corrected chi connectivity index (χ0v) is 11.3. The van der Waals surface area contributed by atoms with E-state index in [0.717, 1.165) is 19.3 Å². The minimum Gasteiger partial charge on any atom is -0.495 e. The number of anilines is 1. The Bertz CT molecular complexity index is 439. The molecule has 4 heteroatoms. The summed E-state index contributed by atoms with van der Waals surface area (Å²) in [5, 5.41) is 13.2. The number of nitrogens with one attached hydrogen (secondary N) is 1. The van der Waals surface area contributed by atoms with Gasteiger partial charge in [-0.2, -0.15) is 0 Å². The Kier molecular flexibility index (Phi) is 4.43. The second kappa shape index (κ2) is 6.06. The van der Waals surface area contributed by atoms with E-state index in [9.17, 15) is 9.90 Å². The van der Waals surface area contributed by atoms with Crippen LogP contribution < -0.4 is 10.1 Å². The number of hydrogen-bond donors (Lipinski definition) is 2. The molecule has 4 nitrogen and oxygen atoms in total. The van der Waals surface area contributed by atoms with Gasteiger partial charge in [-0.05, 0) is 25.0 Å². The number of para-hydroxylation sites is 2. The Morgan fingerprint density at radius 3 is 2.68 bits per heavy atom. The molecule has 0 unspecified atom stereocenters. The van der Waals surface area contributed by atoms with Crippen LogP contribution in [0.5, 0.6) is 5.75 Å². The topological polar surface area (TPSA) is 58.6 Å². The average molecular weight is 263 g/mol. The third-order valence-corrected chi connectivity index (χ3v) is 3.65. The zero-order valence-electron chi connectivity index (χ0n) is 11.3. The highest BCUT2D eigenvalue weighted by Gasteiger charge is 2.31. The molecule has 1 amide bonds. The van der Waals surface area contributed by atoms with Gasteiger partial charge >= 0.3 is 0 Å². The first-order valence-corrected chi connectivity index (χ1v) is 6.78. The molecule has 1 fully saturated rings. The van der Waals surface area contributed by atoms with E-state index < -0.39 is 5.60 Å². The first-order valence-electron chi connectivity index (χ1n) is 6.78. The molecule has 0 atom stereocenters. The number of hydrogen-bond acceptors (Lipinski definition) is 3. The Labute approximate surface area is 113 Å². The van der Waals surface area contributed by atoms with E-state index >= 15 is 0 Å². The van der Waals surface area contributed by atoms with E-state index in [2.05, 4.69) is 5.32 Å². The SMILES string of the molecule is COc1ccccc1NC(=O)CC1(O)CCCCC1. The fourth-order valence-corrected chi connectivity index (χ4v) is 2.63. The number of carbonyl (C=O) groups is 1. The van der Waals surface area contributed by atoms with Gasteiger partial charge in [0.1, 0.15) is 5.75 Å². The summed E-state index contributed by atoms with van der Waals surface area (Å²) < 4.78 is 5.18. The third-order valence-electron chi connectivity index (χ3n) is 3.65. The predicted molar refractivity (Wildman–Crippen MR) is 74.3 cm³/mol. The van der Waals surface area contributed by atoms with Crippen molar-refractivity contribution in [2.75, 3.05) is 12.4 Å². The summed E-state index contributed by atoms with van der Waals surface area (Å²) in [6, 6.07) is 7.28. The minimum absolute atomic E-state index is 0.158. The van der Waals surface area contributed by atoms with Crippen LogP contribution >= 0.6 is 0 Å². The Morgan fingerprint density at radius 1 is 1.32 bits per heavy atom. The van der Waals surface area contributed by atoms with E-state index in [1.807, 2.05) is 12.1 Å². The van der Waals surface area contributed by atoms with Crippen molar-refractivity contribution in [3.05, 3.63) is 24.3 Å². The maximum atomic E-state index is 12.0. The molecule has 2 N–H and O–H groups in total. The number of benzene rings is 1. The normalized spacial score (nSPS) is 17.8. The summed E-state index contributed by atoms with van der Waals surface area (Å²) in [6.07, 6.45) is 4.73. The van der Waals surface area contributed by atoms with E-state index in [1.54, 1.807) is 19.2 Å². The maximum absolute atomic E-state index is 12.0. The van der Waals surface area contributed by atoms with Crippen LogP contribution in [0.1, 0.15) is 38.5 Å². The molecule has 0 saturated heterocycles. The monoisotopic (exact) mass is 263 g/mol. The lowest BCUT2D eigenvalue weighted by molar-refractivity contribution is -0.122. The van der Waals surface area contributed by atoms with Crippen LogP contribution in [-0.4, -0.2) is 23.7 Å². The summed E-state index contributed by atoms with van der Waals surface area (Å²) in [5.74, 6) is 0.473. The standard InChI is InChI=1S/C15H21NO3/c1-19-13-8-4-3-7-12(13)16-14(17)11-15(18)9-5-2-6-10-15/h3-4,7-8,18H,2,5-6,9-11H2,1H3,(H,16,17). The molecule has 1 aromatic rings. The van der Waals surface area contributed by atoms with Crippen molar-refractivity contribution in [3.63, 3.8) is 0 Å². The third kappa shape index (κ3) is 3.70. The van der Waals surface area contributed by atoms with Crippen LogP contribution in [-0.2, 0) is 4.79 Å². The first kappa shape index (κ1) is 13.9. The van der Waals surface area contributed by atoms with Crippen molar-refractivity contribution in [3.8, 4) is 5.75 Å². The average Bonchev–Trinajstić information content (AvgIpc) is 2.39. The molecular formula is C15H21NO3. The van der Waals surface area contributed by atoms with Crippen molar-refractivity contribution >= 4 is 11.6 Å². The lowest BCUT2D eigenvalue weighted by atomic mass is 9.82. The molecule has 0 aliphatic heterocycles. The summed E-state index contributed by atoms with van der Waals surface area (Å²) in [5.41, 5.74) is -0.181. The van der Waals surface area contributed by atoms with Gasteiger partial charge in [-0.3, -0.25) is 4.79 Å². The molecule has 0 heterocycles. The molecule has 19 heavy (non-hydrogen) atoms. The molecule has 104 valence electrons. The Morgan fingerprint density at radius 2 is 2.00 bits per heavy atom. The number of ether oxygens (including phenoxy) is 1. The highest BCUT2D eigenvalue weighted by atomic mass is 16.5. The summed E-state index contributed by atoms with van der Waals surface area (Å²) in [4.78, 5) is 12.0. The molecular weight excluding hydrogens is 242 g/mol. The number of carbonyl (C=O) groups excluding carboxylic acids is 1. The fourth-order valence-electron chi connectivity index (χ4n) is 2.63. The van der Waals surface area contributed by atoms with Crippen LogP contribution in [0.15, 0.2) is 24.3 Å². The largest absolute Gasteiger partial charge is 0.495 e. The summed E-state index contributed by atoms with van der Waals surface area (Å²) in [7, 11) is 1.57. The van der Waals surface area contributed by atoms with Gasteiger partial charge in [-0.25, -0.2) is 0 Å². The van der Waals surface area contributed by atoms with Gasteiger partial charge in [0, 0.05) is 0 Å². The van der Waals surface area contributed by atoms with Gasteiger partial charge < -0.3 is 15.2 Å². The molecule has 0 radical (unpaired) electrons. The number of methoxy groups -OCH3 is 1. The summed E-state index contributed by atoms with van der Waals surface area (Å²) in [6.45, 7) is 0. The van der Waals surface area contributed by atoms with E-state index in [1.165, 1.54) is 0 Å². The molecule has 0 spiro atoms. The second-order valence-electron chi connectivity index (χ2n) is 5.21. The summed E-state index contributed by atoms with van der Waals surface area (Å²) >= 11 is 0. The van der Waals surface area contributed by atoms with E-state index in [-0.39, 0.29) is 12.3 Å². The highest BCUT2D eigenvalue weighted by Crippen LogP contribution is 2.31. The molecule has 1 aliphatic carbocycles. The molecule has 2 rings (SSSR count). The van der Waals surface area contributed by atoms with Gasteiger partial charge in [0.25, 0.3) is 0 Å². The lowest BCUT2D eigenvalue weighted by Gasteiger charge is -2.31. The van der Waals surface area contributed by atoms with E-state index in [0.29, 0.717) is 24.3 Å². The van der Waals surface area contributed by atoms with Gasteiger partial charge in [-0.15, -0.1) is 0 Å². The predicted octanol–water partition coefficient (Wildman–Crippen LogP) is 2.72. The maximum Gasteiger partial charge on any atom is 0.227 e. The van der Waals surface area contributed by atoms with Crippen molar-refractivity contribution in [1.29, 1.82) is 0 Å². The van der Waals surface area contributed by atoms with Gasteiger partial charge in [0.2, 0.25) is 5.91 Å².